The summed E-state index contributed by atoms with van der Waals surface area (Å²) in [5, 5.41) is 3.47. The van der Waals surface area contributed by atoms with E-state index in [-0.39, 0.29) is 0 Å². The van der Waals surface area contributed by atoms with Gasteiger partial charge in [0.05, 0.1) is 5.69 Å². The third kappa shape index (κ3) is 2.52. The highest BCUT2D eigenvalue weighted by Crippen LogP contribution is 2.39. The highest BCUT2D eigenvalue weighted by Gasteiger charge is 2.31. The summed E-state index contributed by atoms with van der Waals surface area (Å²) in [5.41, 5.74) is 2.84. The first-order chi connectivity index (χ1) is 9.56. The lowest BCUT2D eigenvalue weighted by atomic mass is 9.80. The Morgan fingerprint density at radius 3 is 2.50 bits per heavy atom. The van der Waals surface area contributed by atoms with Crippen LogP contribution in [0.25, 0.3) is 0 Å². The van der Waals surface area contributed by atoms with Gasteiger partial charge in [0.2, 0.25) is 0 Å². The van der Waals surface area contributed by atoms with Crippen LogP contribution in [0.1, 0.15) is 76.1 Å². The molecule has 2 unspecified atom stereocenters. The first-order valence-electron chi connectivity index (χ1n) is 8.36. The molecule has 0 aromatic carbocycles. The maximum absolute atomic E-state index is 4.98. The molecule has 2 atom stereocenters. The predicted octanol–water partition coefficient (Wildman–Crippen LogP) is 3.65. The van der Waals surface area contributed by atoms with Crippen molar-refractivity contribution >= 4 is 0 Å². The average molecular weight is 275 g/mol. The molecule has 3 heteroatoms. The minimum atomic E-state index is 0.521. The number of aromatic nitrogens is 2. The molecule has 20 heavy (non-hydrogen) atoms. The minimum absolute atomic E-state index is 0.521. The second-order valence-electron chi connectivity index (χ2n) is 7.39. The summed E-state index contributed by atoms with van der Waals surface area (Å²) < 4.78 is 2.65. The normalized spacial score (nSPS) is 30.6. The van der Waals surface area contributed by atoms with Gasteiger partial charge in [-0.1, -0.05) is 27.7 Å². The molecular weight excluding hydrogens is 246 g/mol. The van der Waals surface area contributed by atoms with Crippen molar-refractivity contribution in [1.29, 1.82) is 0 Å². The summed E-state index contributed by atoms with van der Waals surface area (Å²) in [6.45, 7) is 11.5. The number of hydrogen-bond acceptors (Lipinski definition) is 2. The standard InChI is InChI=1S/C17H29N3/c1-11(2)17-19-15-10-18-6-5-16(15)20(17)14-8-12(3)7-13(4)9-14/h11-14,18H,5-10H2,1-4H3. The average Bonchev–Trinajstić information content (AvgIpc) is 2.77. The largest absolute Gasteiger partial charge is 0.328 e. The Balaban J connectivity index is 2.00. The summed E-state index contributed by atoms with van der Waals surface area (Å²) in [6.07, 6.45) is 5.21. The maximum Gasteiger partial charge on any atom is 0.112 e. The van der Waals surface area contributed by atoms with Gasteiger partial charge < -0.3 is 9.88 Å². The molecule has 0 bridgehead atoms. The van der Waals surface area contributed by atoms with E-state index < -0.39 is 0 Å². The van der Waals surface area contributed by atoms with Crippen LogP contribution in [0.2, 0.25) is 0 Å². The van der Waals surface area contributed by atoms with Crippen molar-refractivity contribution in [2.75, 3.05) is 6.54 Å². The van der Waals surface area contributed by atoms with Crippen LogP contribution >= 0.6 is 0 Å². The first kappa shape index (κ1) is 14.1. The van der Waals surface area contributed by atoms with Gasteiger partial charge in [-0.05, 0) is 31.1 Å². The van der Waals surface area contributed by atoms with Gasteiger partial charge in [0.1, 0.15) is 5.82 Å². The van der Waals surface area contributed by atoms with Crippen molar-refractivity contribution in [2.24, 2.45) is 11.8 Å². The van der Waals surface area contributed by atoms with Crippen molar-refractivity contribution in [3.8, 4) is 0 Å². The van der Waals surface area contributed by atoms with Crippen LogP contribution in [-0.4, -0.2) is 16.1 Å². The van der Waals surface area contributed by atoms with Gasteiger partial charge in [-0.25, -0.2) is 4.98 Å². The molecule has 1 saturated carbocycles. The van der Waals surface area contributed by atoms with Gasteiger partial charge in [0.15, 0.2) is 0 Å². The third-order valence-corrected chi connectivity index (χ3v) is 4.99. The highest BCUT2D eigenvalue weighted by molar-refractivity contribution is 5.23. The van der Waals surface area contributed by atoms with Crippen LogP contribution in [0.3, 0.4) is 0 Å². The van der Waals surface area contributed by atoms with E-state index in [4.69, 9.17) is 4.98 Å². The van der Waals surface area contributed by atoms with E-state index in [0.29, 0.717) is 12.0 Å². The van der Waals surface area contributed by atoms with Gasteiger partial charge in [-0.3, -0.25) is 0 Å². The highest BCUT2D eigenvalue weighted by atomic mass is 15.1. The monoisotopic (exact) mass is 275 g/mol. The van der Waals surface area contributed by atoms with Crippen LogP contribution in [-0.2, 0) is 13.0 Å². The predicted molar refractivity (Wildman–Crippen MR) is 82.9 cm³/mol. The van der Waals surface area contributed by atoms with E-state index in [1.807, 2.05) is 0 Å². The van der Waals surface area contributed by atoms with E-state index in [1.54, 1.807) is 0 Å². The number of nitrogens with zero attached hydrogens (tertiary/aromatic N) is 2. The fraction of sp³-hybridized carbons (Fsp3) is 0.824. The van der Waals surface area contributed by atoms with E-state index in [9.17, 15) is 0 Å². The van der Waals surface area contributed by atoms with E-state index in [0.717, 1.165) is 31.3 Å². The van der Waals surface area contributed by atoms with Crippen molar-refractivity contribution in [2.45, 2.75) is 71.9 Å². The molecule has 1 aliphatic carbocycles. The molecule has 1 aliphatic heterocycles. The van der Waals surface area contributed by atoms with Gasteiger partial charge in [0.25, 0.3) is 0 Å². The topological polar surface area (TPSA) is 29.9 Å². The van der Waals surface area contributed by atoms with Crippen LogP contribution in [0.15, 0.2) is 0 Å². The molecule has 2 aliphatic rings. The number of imidazole rings is 1. The Morgan fingerprint density at radius 1 is 1.15 bits per heavy atom. The lowest BCUT2D eigenvalue weighted by Gasteiger charge is -2.35. The maximum atomic E-state index is 4.98. The minimum Gasteiger partial charge on any atom is -0.328 e. The Bertz CT molecular complexity index is 465. The Morgan fingerprint density at radius 2 is 1.85 bits per heavy atom. The molecule has 1 fully saturated rings. The van der Waals surface area contributed by atoms with Gasteiger partial charge >= 0.3 is 0 Å². The molecule has 112 valence electrons. The van der Waals surface area contributed by atoms with Gasteiger partial charge in [-0.2, -0.15) is 0 Å². The summed E-state index contributed by atoms with van der Waals surface area (Å²) in [7, 11) is 0. The van der Waals surface area contributed by atoms with Gasteiger partial charge in [-0.15, -0.1) is 0 Å². The van der Waals surface area contributed by atoms with Crippen molar-refractivity contribution in [3.05, 3.63) is 17.2 Å². The fourth-order valence-corrected chi connectivity index (χ4v) is 4.28. The summed E-state index contributed by atoms with van der Waals surface area (Å²) in [6, 6.07) is 0.681. The third-order valence-electron chi connectivity index (χ3n) is 4.99. The Kier molecular flexibility index (Phi) is 3.89. The molecule has 1 N–H and O–H groups in total. The summed E-state index contributed by atoms with van der Waals surface area (Å²) in [5.74, 6) is 3.55. The van der Waals surface area contributed by atoms with Gasteiger partial charge in [0, 0.05) is 37.2 Å². The first-order valence-corrected chi connectivity index (χ1v) is 8.36. The molecule has 1 aromatic rings. The second kappa shape index (κ2) is 5.51. The molecule has 3 rings (SSSR count). The summed E-state index contributed by atoms with van der Waals surface area (Å²) >= 11 is 0. The van der Waals surface area contributed by atoms with Crippen molar-refractivity contribution in [3.63, 3.8) is 0 Å². The van der Waals surface area contributed by atoms with Crippen molar-refractivity contribution < 1.29 is 0 Å². The van der Waals surface area contributed by atoms with Crippen LogP contribution in [0, 0.1) is 11.8 Å². The number of fused-ring (bicyclic) bond motifs is 1. The zero-order chi connectivity index (χ0) is 14.3. The molecule has 0 saturated heterocycles. The van der Waals surface area contributed by atoms with E-state index in [2.05, 4.69) is 37.6 Å². The van der Waals surface area contributed by atoms with Crippen molar-refractivity contribution in [1.82, 2.24) is 14.9 Å². The molecule has 2 heterocycles. The van der Waals surface area contributed by atoms with E-state index in [1.165, 1.54) is 36.5 Å². The zero-order valence-electron chi connectivity index (χ0n) is 13.4. The molecule has 0 spiro atoms. The van der Waals surface area contributed by atoms with E-state index >= 15 is 0 Å². The number of hydrogen-bond donors (Lipinski definition) is 1. The fourth-order valence-electron chi connectivity index (χ4n) is 4.28. The molecule has 1 aromatic heterocycles. The zero-order valence-corrected chi connectivity index (χ0v) is 13.4. The SMILES string of the molecule is CC1CC(C)CC(n2c(C(C)C)nc3c2CCNC3)C1. The lowest BCUT2D eigenvalue weighted by Crippen LogP contribution is -2.29. The molecule has 0 radical (unpaired) electrons. The lowest BCUT2D eigenvalue weighted by molar-refractivity contribution is 0.214. The second-order valence-corrected chi connectivity index (χ2v) is 7.39. The Hall–Kier alpha value is -0.830. The molecule has 3 nitrogen and oxygen atoms in total. The van der Waals surface area contributed by atoms with Crippen LogP contribution in [0.4, 0.5) is 0 Å². The van der Waals surface area contributed by atoms with Crippen LogP contribution in [0.5, 0.6) is 0 Å². The summed E-state index contributed by atoms with van der Waals surface area (Å²) in [4.78, 5) is 4.98. The Labute approximate surface area is 123 Å². The quantitative estimate of drug-likeness (QED) is 0.893. The number of nitrogens with one attached hydrogen (secondary N) is 1. The molecule has 0 amide bonds. The smallest absolute Gasteiger partial charge is 0.112 e. The number of rotatable bonds is 2. The van der Waals surface area contributed by atoms with Crippen LogP contribution < -0.4 is 5.32 Å². The molecular formula is C17H29N3.